The fourth-order valence-corrected chi connectivity index (χ4v) is 6.64. The molecule has 0 spiro atoms. The van der Waals surface area contributed by atoms with Crippen molar-refractivity contribution in [3.63, 3.8) is 0 Å². The standard InChI is InChI=1S/C29H41N3O4/c1-3-10-20-15-16-23-25(24(20)27(34)30-2)29(36)32(22(18-33)17-19-11-6-4-7-12-19)26(23)28(35)31-21-13-8-5-9-14-21/h4,6-7,11-12,15-16,20-26,33H,3,5,8-10,13-14,17-18H2,1-2H3,(H,30,34)(H,31,35)/t20-,22-,23+,24-,25+,26+/m1/s1. The van der Waals surface area contributed by atoms with Crippen molar-refractivity contribution in [3.05, 3.63) is 48.0 Å². The fourth-order valence-electron chi connectivity index (χ4n) is 6.64. The Kier molecular flexibility index (Phi) is 8.83. The van der Waals surface area contributed by atoms with Crippen molar-refractivity contribution < 1.29 is 19.5 Å². The zero-order chi connectivity index (χ0) is 25.7. The van der Waals surface area contributed by atoms with E-state index in [1.54, 1.807) is 11.9 Å². The molecule has 1 saturated heterocycles. The number of benzene rings is 1. The van der Waals surface area contributed by atoms with E-state index in [9.17, 15) is 19.5 Å². The molecule has 2 fully saturated rings. The Labute approximate surface area is 214 Å². The van der Waals surface area contributed by atoms with Gasteiger partial charge in [0, 0.05) is 19.0 Å². The van der Waals surface area contributed by atoms with E-state index in [1.807, 2.05) is 42.5 Å². The minimum atomic E-state index is -0.740. The molecule has 3 N–H and O–H groups in total. The van der Waals surface area contributed by atoms with E-state index in [2.05, 4.69) is 17.6 Å². The number of aliphatic hydroxyl groups excluding tert-OH is 1. The summed E-state index contributed by atoms with van der Waals surface area (Å²) in [5.74, 6) is -2.11. The van der Waals surface area contributed by atoms with Crippen molar-refractivity contribution in [1.82, 2.24) is 15.5 Å². The molecule has 36 heavy (non-hydrogen) atoms. The summed E-state index contributed by atoms with van der Waals surface area (Å²) in [6.07, 6.45) is 11.5. The molecule has 1 aromatic rings. The Morgan fingerprint density at radius 3 is 2.44 bits per heavy atom. The van der Waals surface area contributed by atoms with Crippen LogP contribution in [0.15, 0.2) is 42.5 Å². The highest BCUT2D eigenvalue weighted by Crippen LogP contribution is 2.46. The van der Waals surface area contributed by atoms with Gasteiger partial charge in [0.15, 0.2) is 0 Å². The summed E-state index contributed by atoms with van der Waals surface area (Å²) in [5, 5.41) is 16.5. The molecule has 0 bridgehead atoms. The Bertz CT molecular complexity index is 943. The van der Waals surface area contributed by atoms with Crippen molar-refractivity contribution in [2.24, 2.45) is 23.7 Å². The second kappa shape index (κ2) is 12.0. The quantitative estimate of drug-likeness (QED) is 0.459. The van der Waals surface area contributed by atoms with E-state index >= 15 is 0 Å². The van der Waals surface area contributed by atoms with Crippen molar-refractivity contribution in [2.45, 2.75) is 76.4 Å². The van der Waals surface area contributed by atoms with Gasteiger partial charge in [0.2, 0.25) is 17.7 Å². The third kappa shape index (κ3) is 5.36. The second-order valence-corrected chi connectivity index (χ2v) is 10.6. The summed E-state index contributed by atoms with van der Waals surface area (Å²) in [6.45, 7) is 1.83. The average Bonchev–Trinajstić information content (AvgIpc) is 3.20. The number of aliphatic hydroxyl groups is 1. The van der Waals surface area contributed by atoms with Crippen LogP contribution in [0, 0.1) is 23.7 Å². The maximum absolute atomic E-state index is 14.1. The molecule has 1 heterocycles. The van der Waals surface area contributed by atoms with Crippen LogP contribution >= 0.6 is 0 Å². The molecular weight excluding hydrogens is 454 g/mol. The van der Waals surface area contributed by atoms with Crippen LogP contribution in [0.5, 0.6) is 0 Å². The average molecular weight is 496 g/mol. The highest BCUT2D eigenvalue weighted by Gasteiger charge is 2.58. The van der Waals surface area contributed by atoms with Gasteiger partial charge in [-0.15, -0.1) is 0 Å². The van der Waals surface area contributed by atoms with Crippen LogP contribution < -0.4 is 10.6 Å². The number of carbonyl (C=O) groups is 3. The van der Waals surface area contributed by atoms with Gasteiger partial charge in [0.1, 0.15) is 6.04 Å². The van der Waals surface area contributed by atoms with Gasteiger partial charge >= 0.3 is 0 Å². The molecular formula is C29H41N3O4. The fraction of sp³-hybridized carbons (Fsp3) is 0.621. The number of fused-ring (bicyclic) bond motifs is 1. The van der Waals surface area contributed by atoms with Gasteiger partial charge < -0.3 is 20.6 Å². The minimum absolute atomic E-state index is 0.0520. The maximum atomic E-state index is 14.1. The number of carbonyl (C=O) groups excluding carboxylic acids is 3. The first-order chi connectivity index (χ1) is 17.5. The van der Waals surface area contributed by atoms with Crippen molar-refractivity contribution >= 4 is 17.7 Å². The molecule has 2 aliphatic carbocycles. The Hall–Kier alpha value is -2.67. The summed E-state index contributed by atoms with van der Waals surface area (Å²) in [7, 11) is 1.61. The maximum Gasteiger partial charge on any atom is 0.243 e. The Morgan fingerprint density at radius 1 is 1.08 bits per heavy atom. The van der Waals surface area contributed by atoms with Gasteiger partial charge in [-0.2, -0.15) is 0 Å². The number of nitrogens with zero attached hydrogens (tertiary/aromatic N) is 1. The molecule has 6 atom stereocenters. The smallest absolute Gasteiger partial charge is 0.243 e. The normalized spacial score (nSPS) is 29.0. The third-order valence-corrected chi connectivity index (χ3v) is 8.36. The van der Waals surface area contributed by atoms with E-state index in [0.29, 0.717) is 6.42 Å². The first-order valence-corrected chi connectivity index (χ1v) is 13.7. The predicted octanol–water partition coefficient (Wildman–Crippen LogP) is 2.83. The number of nitrogens with one attached hydrogen (secondary N) is 2. The molecule has 4 rings (SSSR count). The van der Waals surface area contributed by atoms with Gasteiger partial charge in [0.05, 0.1) is 24.5 Å². The monoisotopic (exact) mass is 495 g/mol. The van der Waals surface area contributed by atoms with Gasteiger partial charge in [0.25, 0.3) is 0 Å². The van der Waals surface area contributed by atoms with E-state index in [-0.39, 0.29) is 36.3 Å². The number of hydrogen-bond donors (Lipinski definition) is 3. The minimum Gasteiger partial charge on any atom is -0.394 e. The molecule has 3 amide bonds. The second-order valence-electron chi connectivity index (χ2n) is 10.6. The number of likely N-dealkylation sites (tertiary alicyclic amines) is 1. The van der Waals surface area contributed by atoms with Gasteiger partial charge in [-0.3, -0.25) is 14.4 Å². The molecule has 7 heteroatoms. The first-order valence-electron chi connectivity index (χ1n) is 13.7. The largest absolute Gasteiger partial charge is 0.394 e. The number of hydrogen-bond acceptors (Lipinski definition) is 4. The van der Waals surface area contributed by atoms with Crippen molar-refractivity contribution in [3.8, 4) is 0 Å². The molecule has 7 nitrogen and oxygen atoms in total. The lowest BCUT2D eigenvalue weighted by Gasteiger charge is -2.35. The molecule has 0 radical (unpaired) electrons. The van der Waals surface area contributed by atoms with Gasteiger partial charge in [-0.25, -0.2) is 0 Å². The molecule has 196 valence electrons. The number of rotatable bonds is 9. The lowest BCUT2D eigenvalue weighted by atomic mass is 9.68. The highest BCUT2D eigenvalue weighted by atomic mass is 16.3. The lowest BCUT2D eigenvalue weighted by molar-refractivity contribution is -0.143. The van der Waals surface area contributed by atoms with Crippen LogP contribution in [-0.4, -0.2) is 59.5 Å². The third-order valence-electron chi connectivity index (χ3n) is 8.36. The Balaban J connectivity index is 1.70. The molecule has 3 aliphatic rings. The molecule has 0 unspecified atom stereocenters. The van der Waals surface area contributed by atoms with E-state index in [4.69, 9.17) is 0 Å². The van der Waals surface area contributed by atoms with Gasteiger partial charge in [-0.1, -0.05) is 75.1 Å². The lowest BCUT2D eigenvalue weighted by Crippen LogP contribution is -2.54. The number of amides is 3. The topological polar surface area (TPSA) is 98.7 Å². The molecule has 1 aromatic carbocycles. The molecule has 0 aromatic heterocycles. The summed E-state index contributed by atoms with van der Waals surface area (Å²) >= 11 is 0. The number of allylic oxidation sites excluding steroid dienone is 1. The van der Waals surface area contributed by atoms with Crippen molar-refractivity contribution in [1.29, 1.82) is 0 Å². The molecule has 1 aliphatic heterocycles. The van der Waals surface area contributed by atoms with Crippen LogP contribution in [0.2, 0.25) is 0 Å². The molecule has 1 saturated carbocycles. The van der Waals surface area contributed by atoms with Crippen LogP contribution in [0.25, 0.3) is 0 Å². The van der Waals surface area contributed by atoms with Crippen LogP contribution in [-0.2, 0) is 20.8 Å². The SMILES string of the molecule is CCC[C@@H]1C=C[C@H]2[C@H](C(=O)N([C@@H](CO)Cc3ccccc3)[C@@H]2C(=O)NC2CCCCC2)[C@@H]1C(=O)NC. The zero-order valence-corrected chi connectivity index (χ0v) is 21.6. The summed E-state index contributed by atoms with van der Waals surface area (Å²) in [5.41, 5.74) is 0.993. The van der Waals surface area contributed by atoms with E-state index in [0.717, 1.165) is 44.1 Å². The zero-order valence-electron chi connectivity index (χ0n) is 21.6. The summed E-state index contributed by atoms with van der Waals surface area (Å²) in [6, 6.07) is 8.56. The van der Waals surface area contributed by atoms with E-state index in [1.165, 1.54) is 6.42 Å². The van der Waals surface area contributed by atoms with Crippen molar-refractivity contribution in [2.75, 3.05) is 13.7 Å². The van der Waals surface area contributed by atoms with Crippen LogP contribution in [0.3, 0.4) is 0 Å². The van der Waals surface area contributed by atoms with E-state index < -0.39 is 29.8 Å². The van der Waals surface area contributed by atoms with Crippen LogP contribution in [0.4, 0.5) is 0 Å². The summed E-state index contributed by atoms with van der Waals surface area (Å²) in [4.78, 5) is 42.7. The summed E-state index contributed by atoms with van der Waals surface area (Å²) < 4.78 is 0. The van der Waals surface area contributed by atoms with Crippen LogP contribution in [0.1, 0.15) is 57.4 Å². The predicted molar refractivity (Wildman–Crippen MR) is 139 cm³/mol. The first kappa shape index (κ1) is 26.4. The highest BCUT2D eigenvalue weighted by molar-refractivity contribution is 5.97. The Morgan fingerprint density at radius 2 is 1.81 bits per heavy atom. The van der Waals surface area contributed by atoms with Gasteiger partial charge in [-0.05, 0) is 37.2 Å².